The van der Waals surface area contributed by atoms with Crippen LogP contribution in [0.15, 0.2) is 36.0 Å². The van der Waals surface area contributed by atoms with E-state index in [-0.39, 0.29) is 0 Å². The predicted octanol–water partition coefficient (Wildman–Crippen LogP) is 3.49. The Morgan fingerprint density at radius 2 is 2.00 bits per heavy atom. The van der Waals surface area contributed by atoms with Gasteiger partial charge in [-0.3, -0.25) is 0 Å². The molecule has 0 unspecified atom stereocenters. The van der Waals surface area contributed by atoms with E-state index >= 15 is 0 Å². The Labute approximate surface area is 81.8 Å². The van der Waals surface area contributed by atoms with Crippen LogP contribution < -0.4 is 0 Å². The standard InChI is InChI=1S/C12H20O/c1-5-7-11(2)8-6-9-12(3)10-13-4/h5,7,9H,1,6,8,10H2,2-4H3/b11-7+,12-9+. The monoisotopic (exact) mass is 180 g/mol. The van der Waals surface area contributed by atoms with Gasteiger partial charge in [-0.15, -0.1) is 0 Å². The molecule has 0 aliphatic heterocycles. The molecule has 0 N–H and O–H groups in total. The SMILES string of the molecule is C=C/C=C(\C)CC/C=C(\C)COC. The zero-order valence-corrected chi connectivity index (χ0v) is 8.97. The van der Waals surface area contributed by atoms with Crippen LogP contribution in [0.5, 0.6) is 0 Å². The molecule has 0 aromatic rings. The van der Waals surface area contributed by atoms with Crippen LogP contribution in [-0.4, -0.2) is 13.7 Å². The first-order valence-corrected chi connectivity index (χ1v) is 4.63. The van der Waals surface area contributed by atoms with Crippen molar-refractivity contribution in [3.63, 3.8) is 0 Å². The summed E-state index contributed by atoms with van der Waals surface area (Å²) in [7, 11) is 1.72. The quantitative estimate of drug-likeness (QED) is 0.449. The van der Waals surface area contributed by atoms with Crippen LogP contribution in [0.1, 0.15) is 26.7 Å². The molecule has 0 aromatic heterocycles. The number of allylic oxidation sites excluding steroid dienone is 4. The summed E-state index contributed by atoms with van der Waals surface area (Å²) in [5, 5.41) is 0. The van der Waals surface area contributed by atoms with Crippen molar-refractivity contribution in [2.75, 3.05) is 13.7 Å². The average molecular weight is 180 g/mol. The van der Waals surface area contributed by atoms with E-state index in [1.807, 2.05) is 6.08 Å². The largest absolute Gasteiger partial charge is 0.380 e. The lowest BCUT2D eigenvalue weighted by atomic mass is 10.1. The van der Waals surface area contributed by atoms with E-state index in [2.05, 4.69) is 32.6 Å². The van der Waals surface area contributed by atoms with Gasteiger partial charge in [-0.1, -0.05) is 36.0 Å². The van der Waals surface area contributed by atoms with Crippen LogP contribution in [0.3, 0.4) is 0 Å². The van der Waals surface area contributed by atoms with E-state index in [9.17, 15) is 0 Å². The maximum atomic E-state index is 5.01. The van der Waals surface area contributed by atoms with Crippen molar-refractivity contribution < 1.29 is 4.74 Å². The van der Waals surface area contributed by atoms with E-state index in [1.165, 1.54) is 11.1 Å². The van der Waals surface area contributed by atoms with Crippen molar-refractivity contribution in [3.8, 4) is 0 Å². The first-order chi connectivity index (χ1) is 6.20. The fourth-order valence-electron chi connectivity index (χ4n) is 1.12. The summed E-state index contributed by atoms with van der Waals surface area (Å²) in [5.41, 5.74) is 2.67. The van der Waals surface area contributed by atoms with Gasteiger partial charge in [0.05, 0.1) is 6.61 Å². The zero-order chi connectivity index (χ0) is 10.1. The molecular weight excluding hydrogens is 160 g/mol. The van der Waals surface area contributed by atoms with E-state index in [1.54, 1.807) is 7.11 Å². The Kier molecular flexibility index (Phi) is 7.32. The smallest absolute Gasteiger partial charge is 0.0670 e. The van der Waals surface area contributed by atoms with Crippen LogP contribution in [0.2, 0.25) is 0 Å². The number of hydrogen-bond acceptors (Lipinski definition) is 1. The molecule has 0 rings (SSSR count). The maximum Gasteiger partial charge on any atom is 0.0670 e. The second kappa shape index (κ2) is 7.81. The zero-order valence-electron chi connectivity index (χ0n) is 8.97. The lowest BCUT2D eigenvalue weighted by molar-refractivity contribution is 0.225. The fourth-order valence-corrected chi connectivity index (χ4v) is 1.12. The molecular formula is C12H20O. The van der Waals surface area contributed by atoms with Crippen molar-refractivity contribution in [1.82, 2.24) is 0 Å². The minimum atomic E-state index is 0.740. The molecule has 0 saturated carbocycles. The molecule has 0 spiro atoms. The number of hydrogen-bond donors (Lipinski definition) is 0. The van der Waals surface area contributed by atoms with Crippen molar-refractivity contribution in [1.29, 1.82) is 0 Å². The third kappa shape index (κ3) is 7.54. The molecule has 1 nitrogen and oxygen atoms in total. The normalized spacial score (nSPS) is 13.2. The van der Waals surface area contributed by atoms with Crippen LogP contribution in [0.25, 0.3) is 0 Å². The van der Waals surface area contributed by atoms with E-state index in [4.69, 9.17) is 4.74 Å². The van der Waals surface area contributed by atoms with Crippen LogP contribution in [-0.2, 0) is 4.74 Å². The van der Waals surface area contributed by atoms with Gasteiger partial charge in [0.1, 0.15) is 0 Å². The highest BCUT2D eigenvalue weighted by Crippen LogP contribution is 2.06. The number of methoxy groups -OCH3 is 1. The van der Waals surface area contributed by atoms with Gasteiger partial charge in [0.25, 0.3) is 0 Å². The Bertz CT molecular complexity index is 199. The van der Waals surface area contributed by atoms with E-state index in [0.717, 1.165) is 19.4 Å². The second-order valence-corrected chi connectivity index (χ2v) is 3.27. The Hall–Kier alpha value is -0.820. The lowest BCUT2D eigenvalue weighted by Gasteiger charge is -1.99. The van der Waals surface area contributed by atoms with Crippen LogP contribution in [0, 0.1) is 0 Å². The summed E-state index contributed by atoms with van der Waals surface area (Å²) in [6.07, 6.45) is 8.31. The van der Waals surface area contributed by atoms with Gasteiger partial charge in [-0.25, -0.2) is 0 Å². The highest BCUT2D eigenvalue weighted by molar-refractivity contribution is 5.09. The topological polar surface area (TPSA) is 9.23 Å². The summed E-state index contributed by atoms with van der Waals surface area (Å²) in [6, 6.07) is 0. The van der Waals surface area contributed by atoms with Gasteiger partial charge in [-0.2, -0.15) is 0 Å². The molecule has 0 heterocycles. The molecule has 0 amide bonds. The lowest BCUT2D eigenvalue weighted by Crippen LogP contribution is -1.89. The van der Waals surface area contributed by atoms with Gasteiger partial charge >= 0.3 is 0 Å². The third-order valence-electron chi connectivity index (χ3n) is 1.81. The molecule has 0 aliphatic rings. The molecule has 0 aromatic carbocycles. The molecule has 0 aliphatic carbocycles. The first-order valence-electron chi connectivity index (χ1n) is 4.63. The number of rotatable bonds is 6. The van der Waals surface area contributed by atoms with Gasteiger partial charge in [0.15, 0.2) is 0 Å². The second-order valence-electron chi connectivity index (χ2n) is 3.27. The maximum absolute atomic E-state index is 5.01. The molecule has 0 atom stereocenters. The number of ether oxygens (including phenoxy) is 1. The predicted molar refractivity (Wildman–Crippen MR) is 58.8 cm³/mol. The Morgan fingerprint density at radius 1 is 1.31 bits per heavy atom. The van der Waals surface area contributed by atoms with Crippen LogP contribution >= 0.6 is 0 Å². The third-order valence-corrected chi connectivity index (χ3v) is 1.81. The summed E-state index contributed by atoms with van der Waals surface area (Å²) in [5.74, 6) is 0. The highest BCUT2D eigenvalue weighted by Gasteiger charge is 1.89. The first kappa shape index (κ1) is 12.2. The minimum Gasteiger partial charge on any atom is -0.380 e. The molecule has 0 radical (unpaired) electrons. The molecule has 0 bridgehead atoms. The van der Waals surface area contributed by atoms with E-state index in [0.29, 0.717) is 0 Å². The Balaban J connectivity index is 3.71. The summed E-state index contributed by atoms with van der Waals surface area (Å²) >= 11 is 0. The summed E-state index contributed by atoms with van der Waals surface area (Å²) in [4.78, 5) is 0. The van der Waals surface area contributed by atoms with Crippen molar-refractivity contribution in [2.24, 2.45) is 0 Å². The molecule has 0 fully saturated rings. The van der Waals surface area contributed by atoms with Crippen LogP contribution in [0.4, 0.5) is 0 Å². The summed E-state index contributed by atoms with van der Waals surface area (Å²) < 4.78 is 5.01. The highest BCUT2D eigenvalue weighted by atomic mass is 16.5. The van der Waals surface area contributed by atoms with Crippen molar-refractivity contribution in [3.05, 3.63) is 36.0 Å². The van der Waals surface area contributed by atoms with E-state index < -0.39 is 0 Å². The Morgan fingerprint density at radius 3 is 2.54 bits per heavy atom. The fraction of sp³-hybridized carbons (Fsp3) is 0.500. The minimum absolute atomic E-state index is 0.740. The van der Waals surface area contributed by atoms with Gasteiger partial charge in [-0.05, 0) is 26.7 Å². The average Bonchev–Trinajstić information content (AvgIpc) is 2.05. The van der Waals surface area contributed by atoms with Crippen molar-refractivity contribution in [2.45, 2.75) is 26.7 Å². The van der Waals surface area contributed by atoms with Gasteiger partial charge in [0.2, 0.25) is 0 Å². The molecule has 74 valence electrons. The summed E-state index contributed by atoms with van der Waals surface area (Å²) in [6.45, 7) is 8.62. The van der Waals surface area contributed by atoms with Crippen molar-refractivity contribution >= 4 is 0 Å². The van der Waals surface area contributed by atoms with Gasteiger partial charge in [0, 0.05) is 7.11 Å². The molecule has 13 heavy (non-hydrogen) atoms. The van der Waals surface area contributed by atoms with Gasteiger partial charge < -0.3 is 4.74 Å². The molecule has 1 heteroatoms. The molecule has 0 saturated heterocycles.